The number of halogens is 1. The van der Waals surface area contributed by atoms with Gasteiger partial charge in [0, 0.05) is 18.3 Å². The summed E-state index contributed by atoms with van der Waals surface area (Å²) in [6, 6.07) is 13.2. The minimum absolute atomic E-state index is 0.234. The van der Waals surface area contributed by atoms with E-state index in [2.05, 4.69) is 6.92 Å². The minimum atomic E-state index is -0.600. The molecule has 0 saturated heterocycles. The van der Waals surface area contributed by atoms with Crippen LogP contribution in [0.25, 0.3) is 0 Å². The first-order valence-corrected chi connectivity index (χ1v) is 6.89. The number of para-hydroxylation sites is 1. The number of nitro benzene ring substituents is 1. The predicted molar refractivity (Wildman–Crippen MR) is 81.4 cm³/mol. The highest BCUT2D eigenvalue weighted by atomic mass is 19.1. The molecule has 0 aliphatic carbocycles. The molecule has 0 radical (unpaired) electrons. The SMILES string of the molecule is CCCCN(c1ccccc1)c1cc(F)cc([N+](=O)[O-])c1. The minimum Gasteiger partial charge on any atom is -0.341 e. The van der Waals surface area contributed by atoms with Gasteiger partial charge < -0.3 is 4.90 Å². The number of non-ortho nitro benzene ring substituents is 1. The smallest absolute Gasteiger partial charge is 0.274 e. The van der Waals surface area contributed by atoms with Gasteiger partial charge in [0.25, 0.3) is 5.69 Å². The Kier molecular flexibility index (Phi) is 4.87. The molecule has 0 aliphatic heterocycles. The third-order valence-corrected chi connectivity index (χ3v) is 3.19. The van der Waals surface area contributed by atoms with Crippen LogP contribution in [-0.4, -0.2) is 11.5 Å². The Balaban J connectivity index is 2.43. The monoisotopic (exact) mass is 288 g/mol. The molecule has 0 atom stereocenters. The van der Waals surface area contributed by atoms with Crippen LogP contribution in [-0.2, 0) is 0 Å². The van der Waals surface area contributed by atoms with Crippen molar-refractivity contribution in [2.45, 2.75) is 19.8 Å². The van der Waals surface area contributed by atoms with Gasteiger partial charge in [-0.2, -0.15) is 0 Å². The number of nitro groups is 1. The molecule has 2 aromatic carbocycles. The van der Waals surface area contributed by atoms with Crippen LogP contribution >= 0.6 is 0 Å². The first-order valence-electron chi connectivity index (χ1n) is 6.89. The maximum atomic E-state index is 13.7. The number of unbranched alkanes of at least 4 members (excludes halogenated alkanes) is 1. The van der Waals surface area contributed by atoms with Crippen molar-refractivity contribution in [1.29, 1.82) is 0 Å². The van der Waals surface area contributed by atoms with Gasteiger partial charge in [-0.1, -0.05) is 31.5 Å². The lowest BCUT2D eigenvalue weighted by atomic mass is 10.2. The lowest BCUT2D eigenvalue weighted by Gasteiger charge is -2.24. The van der Waals surface area contributed by atoms with E-state index in [1.807, 2.05) is 35.2 Å². The third-order valence-electron chi connectivity index (χ3n) is 3.19. The van der Waals surface area contributed by atoms with Crippen LogP contribution in [0.1, 0.15) is 19.8 Å². The van der Waals surface area contributed by atoms with E-state index in [0.717, 1.165) is 24.6 Å². The van der Waals surface area contributed by atoms with Gasteiger partial charge in [-0.3, -0.25) is 10.1 Å². The van der Waals surface area contributed by atoms with E-state index in [0.29, 0.717) is 12.2 Å². The van der Waals surface area contributed by atoms with Crippen molar-refractivity contribution in [1.82, 2.24) is 0 Å². The average molecular weight is 288 g/mol. The van der Waals surface area contributed by atoms with Gasteiger partial charge in [0.2, 0.25) is 0 Å². The van der Waals surface area contributed by atoms with Crippen LogP contribution in [0.15, 0.2) is 48.5 Å². The first-order chi connectivity index (χ1) is 10.1. The fourth-order valence-corrected chi connectivity index (χ4v) is 2.15. The normalized spacial score (nSPS) is 10.4. The molecule has 2 rings (SSSR count). The first kappa shape index (κ1) is 15.0. The van der Waals surface area contributed by atoms with Gasteiger partial charge in [0.15, 0.2) is 0 Å². The maximum Gasteiger partial charge on any atom is 0.274 e. The molecule has 110 valence electrons. The highest BCUT2D eigenvalue weighted by Gasteiger charge is 2.15. The van der Waals surface area contributed by atoms with Gasteiger partial charge in [0.1, 0.15) is 5.82 Å². The summed E-state index contributed by atoms with van der Waals surface area (Å²) in [5, 5.41) is 10.9. The van der Waals surface area contributed by atoms with E-state index < -0.39 is 10.7 Å². The summed E-state index contributed by atoms with van der Waals surface area (Å²) in [4.78, 5) is 12.2. The molecule has 0 heterocycles. The van der Waals surface area contributed by atoms with E-state index in [-0.39, 0.29) is 5.69 Å². The number of hydrogen-bond acceptors (Lipinski definition) is 3. The summed E-state index contributed by atoms with van der Waals surface area (Å²) in [6.45, 7) is 2.75. The van der Waals surface area contributed by atoms with E-state index in [1.54, 1.807) is 0 Å². The van der Waals surface area contributed by atoms with Gasteiger partial charge in [-0.05, 0) is 24.6 Å². The molecule has 0 aliphatic rings. The van der Waals surface area contributed by atoms with Gasteiger partial charge in [0.05, 0.1) is 16.7 Å². The summed E-state index contributed by atoms with van der Waals surface area (Å²) in [5.41, 5.74) is 1.16. The Labute approximate surface area is 123 Å². The molecule has 5 heteroatoms. The maximum absolute atomic E-state index is 13.7. The molecule has 21 heavy (non-hydrogen) atoms. The molecule has 2 aromatic rings. The Hall–Kier alpha value is -2.43. The van der Waals surface area contributed by atoms with Gasteiger partial charge in [-0.25, -0.2) is 4.39 Å². The number of benzene rings is 2. The summed E-state index contributed by atoms with van der Waals surface area (Å²) < 4.78 is 13.7. The van der Waals surface area contributed by atoms with Crippen LogP contribution in [0, 0.1) is 15.9 Å². The zero-order chi connectivity index (χ0) is 15.2. The summed E-state index contributed by atoms with van der Waals surface area (Å²) in [7, 11) is 0. The molecule has 4 nitrogen and oxygen atoms in total. The molecule has 0 amide bonds. The zero-order valence-corrected chi connectivity index (χ0v) is 11.8. The highest BCUT2D eigenvalue weighted by molar-refractivity contribution is 5.65. The van der Waals surface area contributed by atoms with Crippen molar-refractivity contribution >= 4 is 17.1 Å². The zero-order valence-electron chi connectivity index (χ0n) is 11.8. The lowest BCUT2D eigenvalue weighted by molar-refractivity contribution is -0.385. The summed E-state index contributed by atoms with van der Waals surface area (Å²) >= 11 is 0. The molecule has 0 N–H and O–H groups in total. The molecule has 0 spiro atoms. The van der Waals surface area contributed by atoms with Crippen LogP contribution in [0.4, 0.5) is 21.5 Å². The van der Waals surface area contributed by atoms with Crippen LogP contribution in [0.2, 0.25) is 0 Å². The van der Waals surface area contributed by atoms with Gasteiger partial charge in [-0.15, -0.1) is 0 Å². The third kappa shape index (κ3) is 3.78. The predicted octanol–water partition coefficient (Wildman–Crippen LogP) is 4.67. The fraction of sp³-hybridized carbons (Fsp3) is 0.250. The molecule has 0 unspecified atom stereocenters. The number of anilines is 2. The number of hydrogen-bond donors (Lipinski definition) is 0. The Bertz CT molecular complexity index is 617. The molecule has 0 saturated carbocycles. The number of rotatable bonds is 6. The van der Waals surface area contributed by atoms with Crippen LogP contribution < -0.4 is 4.90 Å². The van der Waals surface area contributed by atoms with Crippen molar-refractivity contribution < 1.29 is 9.31 Å². The van der Waals surface area contributed by atoms with Crippen LogP contribution in [0.3, 0.4) is 0 Å². The largest absolute Gasteiger partial charge is 0.341 e. The second-order valence-electron chi connectivity index (χ2n) is 4.77. The lowest BCUT2D eigenvalue weighted by Crippen LogP contribution is -2.18. The van der Waals surface area contributed by atoms with Crippen LogP contribution in [0.5, 0.6) is 0 Å². The molecular weight excluding hydrogens is 271 g/mol. The summed E-state index contributed by atoms with van der Waals surface area (Å²) in [5.74, 6) is -0.600. The van der Waals surface area contributed by atoms with Crippen molar-refractivity contribution in [3.05, 3.63) is 64.5 Å². The van der Waals surface area contributed by atoms with E-state index in [4.69, 9.17) is 0 Å². The standard InChI is InChI=1S/C16H17FN2O2/c1-2-3-9-18(14-7-5-4-6-8-14)15-10-13(17)11-16(12-15)19(20)21/h4-8,10-12H,2-3,9H2,1H3. The Morgan fingerprint density at radius 1 is 1.14 bits per heavy atom. The van der Waals surface area contributed by atoms with E-state index in [1.165, 1.54) is 12.1 Å². The Morgan fingerprint density at radius 2 is 1.86 bits per heavy atom. The van der Waals surface area contributed by atoms with E-state index in [9.17, 15) is 14.5 Å². The van der Waals surface area contributed by atoms with Crippen molar-refractivity contribution in [2.24, 2.45) is 0 Å². The fourth-order valence-electron chi connectivity index (χ4n) is 2.15. The van der Waals surface area contributed by atoms with Crippen molar-refractivity contribution in [3.8, 4) is 0 Å². The molecule has 0 aromatic heterocycles. The second-order valence-corrected chi connectivity index (χ2v) is 4.77. The topological polar surface area (TPSA) is 46.4 Å². The average Bonchev–Trinajstić information content (AvgIpc) is 2.48. The molecule has 0 bridgehead atoms. The molecule has 0 fully saturated rings. The van der Waals surface area contributed by atoms with Crippen molar-refractivity contribution in [3.63, 3.8) is 0 Å². The quantitative estimate of drug-likeness (QED) is 0.573. The van der Waals surface area contributed by atoms with Gasteiger partial charge >= 0.3 is 0 Å². The summed E-state index contributed by atoms with van der Waals surface area (Å²) in [6.07, 6.45) is 1.90. The Morgan fingerprint density at radius 3 is 2.48 bits per heavy atom. The number of nitrogens with zero attached hydrogens (tertiary/aromatic N) is 2. The highest BCUT2D eigenvalue weighted by Crippen LogP contribution is 2.29. The van der Waals surface area contributed by atoms with E-state index >= 15 is 0 Å². The molecular formula is C16H17FN2O2. The second kappa shape index (κ2) is 6.83. The van der Waals surface area contributed by atoms with Crippen molar-refractivity contribution in [2.75, 3.05) is 11.4 Å².